The lowest BCUT2D eigenvalue weighted by atomic mass is 9.29. The fourth-order valence-electron chi connectivity index (χ4n) is 7.12. The average Bonchev–Trinajstić information content (AvgIpc) is 3.09. The minimum Gasteiger partial charge on any atom is -0.477 e. The molecule has 154 valence electrons. The smallest absolute Gasteiger partial charge is 0.336 e. The summed E-state index contributed by atoms with van der Waals surface area (Å²) in [4.78, 5) is 27.5. The molecule has 30 heavy (non-hydrogen) atoms. The SMILES string of the molecule is C=CCN1[C@@H]2Cc3ccc(OC(=O)/C=C/C=C/C)c4c3[C@@]35CC1(CC(=O)[C@@H]3O4)[C@@]25O. The molecular weight excluding hydrogens is 382 g/mol. The Hall–Kier alpha value is -2.70. The van der Waals surface area contributed by atoms with E-state index in [1.165, 1.54) is 6.08 Å². The molecule has 2 heterocycles. The summed E-state index contributed by atoms with van der Waals surface area (Å²) in [6, 6.07) is 3.63. The molecule has 3 aliphatic carbocycles. The number of carbonyl (C=O) groups excluding carboxylic acids is 2. The van der Waals surface area contributed by atoms with Gasteiger partial charge < -0.3 is 14.6 Å². The summed E-state index contributed by atoms with van der Waals surface area (Å²) < 4.78 is 11.7. The summed E-state index contributed by atoms with van der Waals surface area (Å²) in [5.41, 5.74) is -0.325. The van der Waals surface area contributed by atoms with Gasteiger partial charge in [-0.3, -0.25) is 9.69 Å². The first-order chi connectivity index (χ1) is 14.4. The quantitative estimate of drug-likeness (QED) is 0.266. The maximum absolute atomic E-state index is 13.1. The first kappa shape index (κ1) is 18.1. The molecule has 1 unspecified atom stereocenters. The summed E-state index contributed by atoms with van der Waals surface area (Å²) in [6.07, 6.45) is 9.26. The van der Waals surface area contributed by atoms with Gasteiger partial charge in [0.2, 0.25) is 0 Å². The first-order valence-corrected chi connectivity index (χ1v) is 10.4. The van der Waals surface area contributed by atoms with Crippen molar-refractivity contribution in [3.05, 3.63) is 60.2 Å². The Morgan fingerprint density at radius 1 is 1.43 bits per heavy atom. The van der Waals surface area contributed by atoms with Crippen molar-refractivity contribution in [1.29, 1.82) is 0 Å². The van der Waals surface area contributed by atoms with Crippen LogP contribution in [0.1, 0.15) is 30.9 Å². The van der Waals surface area contributed by atoms with Crippen LogP contribution in [0.15, 0.2) is 49.1 Å². The second-order valence-corrected chi connectivity index (χ2v) is 8.98. The molecule has 1 aromatic carbocycles. The van der Waals surface area contributed by atoms with Crippen molar-refractivity contribution < 1.29 is 24.2 Å². The van der Waals surface area contributed by atoms with Gasteiger partial charge in [-0.25, -0.2) is 4.79 Å². The van der Waals surface area contributed by atoms with E-state index >= 15 is 0 Å². The summed E-state index contributed by atoms with van der Waals surface area (Å²) in [5.74, 6) is 0.251. The number of nitrogens with zero attached hydrogens (tertiary/aromatic N) is 1. The van der Waals surface area contributed by atoms with Crippen LogP contribution < -0.4 is 9.47 Å². The Kier molecular flexibility index (Phi) is 3.32. The van der Waals surface area contributed by atoms with E-state index < -0.39 is 28.6 Å². The molecule has 0 aromatic heterocycles. The molecule has 1 aromatic rings. The van der Waals surface area contributed by atoms with Crippen LogP contribution in [-0.2, 0) is 21.4 Å². The fraction of sp³-hybridized carbons (Fsp3) is 0.417. The molecule has 6 rings (SSSR count). The van der Waals surface area contributed by atoms with E-state index in [1.807, 2.05) is 25.1 Å². The number of rotatable bonds is 5. The molecule has 6 heteroatoms. The molecule has 0 amide bonds. The Labute approximate surface area is 174 Å². The number of ether oxygens (including phenoxy) is 2. The van der Waals surface area contributed by atoms with Crippen molar-refractivity contribution in [2.45, 2.75) is 54.9 Å². The number of benzene rings is 1. The standard InChI is InChI=1S/C24H23NO5/c1-3-5-6-7-18(27)29-16-9-8-14-11-17-24(28)22(25(17)10-4-2)12-15(26)21-23(24,13-22)19(14)20(16)30-21/h3-9,17,21,28H,2,10-13H2,1H3/b5-3+,7-6+/t17-,21+,22?,23+,24+/m1/s1. The summed E-state index contributed by atoms with van der Waals surface area (Å²) in [6.45, 7) is 6.37. The zero-order valence-corrected chi connectivity index (χ0v) is 16.8. The number of hydrogen-bond donors (Lipinski definition) is 1. The Balaban J connectivity index is 1.46. The molecule has 2 saturated carbocycles. The van der Waals surface area contributed by atoms with E-state index in [2.05, 4.69) is 11.5 Å². The summed E-state index contributed by atoms with van der Waals surface area (Å²) in [5, 5.41) is 12.0. The van der Waals surface area contributed by atoms with Gasteiger partial charge in [0.15, 0.2) is 23.4 Å². The molecule has 2 aliphatic heterocycles. The van der Waals surface area contributed by atoms with Gasteiger partial charge in [-0.2, -0.15) is 0 Å². The number of likely N-dealkylation sites (tertiary alicyclic amines) is 1. The zero-order chi connectivity index (χ0) is 20.9. The lowest BCUT2D eigenvalue weighted by molar-refractivity contribution is -0.382. The van der Waals surface area contributed by atoms with Crippen molar-refractivity contribution in [3.63, 3.8) is 0 Å². The monoisotopic (exact) mass is 405 g/mol. The molecule has 2 bridgehead atoms. The van der Waals surface area contributed by atoms with Gasteiger partial charge in [-0.15, -0.1) is 6.58 Å². The zero-order valence-electron chi connectivity index (χ0n) is 16.8. The molecule has 2 spiro atoms. The number of esters is 1. The van der Waals surface area contributed by atoms with E-state index in [-0.39, 0.29) is 18.2 Å². The van der Waals surface area contributed by atoms with Gasteiger partial charge in [-0.1, -0.05) is 30.4 Å². The summed E-state index contributed by atoms with van der Waals surface area (Å²) >= 11 is 0. The van der Waals surface area contributed by atoms with Crippen LogP contribution in [0.25, 0.3) is 0 Å². The molecule has 6 nitrogen and oxygen atoms in total. The minimum absolute atomic E-state index is 0.00717. The second-order valence-electron chi connectivity index (χ2n) is 8.98. The predicted octanol–water partition coefficient (Wildman–Crippen LogP) is 2.00. The number of ketones is 1. The van der Waals surface area contributed by atoms with Crippen LogP contribution >= 0.6 is 0 Å². The Morgan fingerprint density at radius 2 is 2.27 bits per heavy atom. The number of Topliss-reactive ketones (excluding diaryl/α,β-unsaturated/α-hetero) is 1. The first-order valence-electron chi connectivity index (χ1n) is 10.4. The molecule has 5 atom stereocenters. The van der Waals surface area contributed by atoms with E-state index in [4.69, 9.17) is 9.47 Å². The number of carbonyl (C=O) groups is 2. The summed E-state index contributed by atoms with van der Waals surface area (Å²) in [7, 11) is 0. The highest BCUT2D eigenvalue weighted by atomic mass is 16.6. The van der Waals surface area contributed by atoms with Gasteiger partial charge in [0, 0.05) is 30.6 Å². The van der Waals surface area contributed by atoms with Gasteiger partial charge in [-0.05, 0) is 31.4 Å². The molecule has 1 N–H and O–H groups in total. The van der Waals surface area contributed by atoms with Crippen molar-refractivity contribution >= 4 is 11.8 Å². The van der Waals surface area contributed by atoms with Gasteiger partial charge in [0.1, 0.15) is 5.60 Å². The van der Waals surface area contributed by atoms with Gasteiger partial charge >= 0.3 is 5.97 Å². The van der Waals surface area contributed by atoms with Crippen molar-refractivity contribution in [2.24, 2.45) is 0 Å². The van der Waals surface area contributed by atoms with E-state index in [9.17, 15) is 14.7 Å². The number of allylic oxidation sites excluding steroid dienone is 3. The Bertz CT molecular complexity index is 1090. The topological polar surface area (TPSA) is 76.1 Å². The van der Waals surface area contributed by atoms with Crippen molar-refractivity contribution in [2.75, 3.05) is 6.54 Å². The number of hydrogen-bond acceptors (Lipinski definition) is 6. The lowest BCUT2D eigenvalue weighted by Gasteiger charge is -2.86. The highest BCUT2D eigenvalue weighted by molar-refractivity contribution is 5.95. The predicted molar refractivity (Wildman–Crippen MR) is 108 cm³/mol. The van der Waals surface area contributed by atoms with E-state index in [1.54, 1.807) is 18.2 Å². The average molecular weight is 405 g/mol. The van der Waals surface area contributed by atoms with Crippen LogP contribution in [0.3, 0.4) is 0 Å². The second kappa shape index (κ2) is 5.50. The fourth-order valence-corrected chi connectivity index (χ4v) is 7.12. The van der Waals surface area contributed by atoms with E-state index in [0.29, 0.717) is 30.9 Å². The molecular formula is C24H23NO5. The third kappa shape index (κ3) is 1.64. The third-order valence-corrected chi connectivity index (χ3v) is 7.95. The van der Waals surface area contributed by atoms with Gasteiger partial charge in [0.05, 0.1) is 11.0 Å². The van der Waals surface area contributed by atoms with Crippen LogP contribution in [0.4, 0.5) is 0 Å². The van der Waals surface area contributed by atoms with E-state index in [0.717, 1.165) is 11.1 Å². The van der Waals surface area contributed by atoms with Crippen molar-refractivity contribution in [1.82, 2.24) is 4.90 Å². The van der Waals surface area contributed by atoms with Crippen LogP contribution in [-0.4, -0.2) is 51.6 Å². The van der Waals surface area contributed by atoms with Gasteiger partial charge in [0.25, 0.3) is 0 Å². The maximum atomic E-state index is 13.1. The molecule has 3 fully saturated rings. The Morgan fingerprint density at radius 3 is 3.03 bits per heavy atom. The molecule has 5 aliphatic rings. The van der Waals surface area contributed by atoms with Crippen LogP contribution in [0.5, 0.6) is 11.5 Å². The number of piperidine rings is 1. The maximum Gasteiger partial charge on any atom is 0.336 e. The highest BCUT2D eigenvalue weighted by Gasteiger charge is 2.94. The highest BCUT2D eigenvalue weighted by Crippen LogP contribution is 2.80. The van der Waals surface area contributed by atoms with Crippen LogP contribution in [0, 0.1) is 0 Å². The molecule has 1 saturated heterocycles. The van der Waals surface area contributed by atoms with Crippen LogP contribution in [0.2, 0.25) is 0 Å². The normalized spacial score (nSPS) is 39.3. The third-order valence-electron chi connectivity index (χ3n) is 7.95. The molecule has 0 radical (unpaired) electrons. The van der Waals surface area contributed by atoms with Crippen molar-refractivity contribution in [3.8, 4) is 11.5 Å². The largest absolute Gasteiger partial charge is 0.477 e. The number of aliphatic hydroxyl groups is 1. The minimum atomic E-state index is -0.992. The lowest BCUT2D eigenvalue weighted by Crippen LogP contribution is -3.02.